The van der Waals surface area contributed by atoms with Gasteiger partial charge in [0.2, 0.25) is 5.91 Å². The molecule has 0 spiro atoms. The summed E-state index contributed by atoms with van der Waals surface area (Å²) >= 11 is 0. The lowest BCUT2D eigenvalue weighted by Gasteiger charge is -2.40. The van der Waals surface area contributed by atoms with Gasteiger partial charge >= 0.3 is 0 Å². The summed E-state index contributed by atoms with van der Waals surface area (Å²) in [7, 11) is 0. The Morgan fingerprint density at radius 3 is 2.38 bits per heavy atom. The quantitative estimate of drug-likeness (QED) is 0.753. The molecular formula is C22H16N4O3. The third-order valence-corrected chi connectivity index (χ3v) is 5.16. The van der Waals surface area contributed by atoms with Crippen LogP contribution in [-0.4, -0.2) is 34.2 Å². The van der Waals surface area contributed by atoms with E-state index in [0.717, 1.165) is 5.56 Å². The fourth-order valence-corrected chi connectivity index (χ4v) is 3.92. The number of carbonyl (C=O) groups is 3. The van der Waals surface area contributed by atoms with Gasteiger partial charge in [0.25, 0.3) is 11.8 Å². The van der Waals surface area contributed by atoms with Gasteiger partial charge in [0.15, 0.2) is 0 Å². The molecule has 0 saturated carbocycles. The Morgan fingerprint density at radius 1 is 0.897 bits per heavy atom. The molecule has 2 aromatic carbocycles. The van der Waals surface area contributed by atoms with E-state index >= 15 is 0 Å². The van der Waals surface area contributed by atoms with E-state index in [1.807, 2.05) is 12.1 Å². The molecule has 0 saturated heterocycles. The summed E-state index contributed by atoms with van der Waals surface area (Å²) in [6, 6.07) is 17.5. The molecule has 0 radical (unpaired) electrons. The Hall–Kier alpha value is -4.00. The van der Waals surface area contributed by atoms with E-state index in [1.165, 1.54) is 4.90 Å². The van der Waals surface area contributed by atoms with E-state index in [9.17, 15) is 14.4 Å². The van der Waals surface area contributed by atoms with E-state index in [-0.39, 0.29) is 24.3 Å². The van der Waals surface area contributed by atoms with E-state index in [4.69, 9.17) is 0 Å². The molecule has 7 nitrogen and oxygen atoms in total. The minimum absolute atomic E-state index is 0.176. The smallest absolute Gasteiger partial charge is 0.260 e. The van der Waals surface area contributed by atoms with Crippen LogP contribution in [0.3, 0.4) is 0 Å². The van der Waals surface area contributed by atoms with Gasteiger partial charge in [-0.1, -0.05) is 30.3 Å². The van der Waals surface area contributed by atoms with Crippen LogP contribution in [0.4, 0.5) is 11.4 Å². The number of rotatable bonds is 3. The Morgan fingerprint density at radius 2 is 1.59 bits per heavy atom. The van der Waals surface area contributed by atoms with Gasteiger partial charge in [0.05, 0.1) is 11.3 Å². The largest absolute Gasteiger partial charge is 0.324 e. The van der Waals surface area contributed by atoms with Crippen molar-refractivity contribution in [2.75, 3.05) is 16.8 Å². The molecule has 29 heavy (non-hydrogen) atoms. The number of amides is 3. The van der Waals surface area contributed by atoms with Gasteiger partial charge in [-0.3, -0.25) is 24.3 Å². The van der Waals surface area contributed by atoms with Crippen LogP contribution in [0.2, 0.25) is 0 Å². The van der Waals surface area contributed by atoms with Gasteiger partial charge in [0.1, 0.15) is 12.7 Å². The van der Waals surface area contributed by atoms with Gasteiger partial charge in [-0.25, -0.2) is 0 Å². The molecule has 5 rings (SSSR count). The molecular weight excluding hydrogens is 368 g/mol. The Balaban J connectivity index is 1.55. The molecule has 3 amide bonds. The number of benzene rings is 2. The van der Waals surface area contributed by atoms with Crippen LogP contribution < -0.4 is 10.2 Å². The molecule has 1 atom stereocenters. The summed E-state index contributed by atoms with van der Waals surface area (Å²) < 4.78 is 0. The van der Waals surface area contributed by atoms with Crippen LogP contribution in [0.15, 0.2) is 73.1 Å². The van der Waals surface area contributed by atoms with Gasteiger partial charge in [-0.2, -0.15) is 0 Å². The highest BCUT2D eigenvalue weighted by atomic mass is 16.2. The average Bonchev–Trinajstić information content (AvgIpc) is 3.05. The first-order valence-corrected chi connectivity index (χ1v) is 9.17. The number of carbonyl (C=O) groups excluding carboxylic acids is 3. The van der Waals surface area contributed by atoms with Gasteiger partial charge in [-0.05, 0) is 30.3 Å². The zero-order valence-electron chi connectivity index (χ0n) is 15.3. The first-order valence-electron chi connectivity index (χ1n) is 9.17. The first-order chi connectivity index (χ1) is 14.1. The monoisotopic (exact) mass is 384 g/mol. The number of hydrogen-bond acceptors (Lipinski definition) is 4. The van der Waals surface area contributed by atoms with Crippen molar-refractivity contribution in [1.82, 2.24) is 9.88 Å². The molecule has 3 aromatic rings. The maximum Gasteiger partial charge on any atom is 0.260 e. The molecule has 3 heterocycles. The van der Waals surface area contributed by atoms with Crippen molar-refractivity contribution < 1.29 is 14.4 Å². The van der Waals surface area contributed by atoms with Crippen molar-refractivity contribution in [3.8, 4) is 0 Å². The van der Waals surface area contributed by atoms with Crippen LogP contribution in [-0.2, 0) is 4.79 Å². The summed E-state index contributed by atoms with van der Waals surface area (Å²) in [5.74, 6) is -0.804. The molecule has 2 aliphatic rings. The second-order valence-electron chi connectivity index (χ2n) is 6.87. The SMILES string of the molecule is O=C(CN1C(=O)c2ccccc2N2C(=O)c3ccccc3C12)Nc1ccncc1. The highest BCUT2D eigenvalue weighted by molar-refractivity contribution is 6.17. The number of aromatic nitrogens is 1. The topological polar surface area (TPSA) is 82.6 Å². The lowest BCUT2D eigenvalue weighted by molar-refractivity contribution is -0.117. The van der Waals surface area contributed by atoms with Crippen LogP contribution >= 0.6 is 0 Å². The molecule has 0 aliphatic carbocycles. The number of pyridine rings is 1. The number of fused-ring (bicyclic) bond motifs is 5. The fourth-order valence-electron chi connectivity index (χ4n) is 3.92. The van der Waals surface area contributed by atoms with Gasteiger partial charge in [-0.15, -0.1) is 0 Å². The highest BCUT2D eigenvalue weighted by Gasteiger charge is 2.47. The lowest BCUT2D eigenvalue weighted by Crippen LogP contribution is -2.50. The van der Waals surface area contributed by atoms with Crippen molar-refractivity contribution in [1.29, 1.82) is 0 Å². The maximum atomic E-state index is 13.3. The molecule has 0 fully saturated rings. The third-order valence-electron chi connectivity index (χ3n) is 5.16. The second kappa shape index (κ2) is 6.56. The van der Waals surface area contributed by atoms with Crippen LogP contribution in [0.5, 0.6) is 0 Å². The zero-order chi connectivity index (χ0) is 20.0. The van der Waals surface area contributed by atoms with Crippen molar-refractivity contribution in [2.45, 2.75) is 6.17 Å². The van der Waals surface area contributed by atoms with E-state index in [1.54, 1.807) is 65.8 Å². The standard InChI is InChI=1S/C22H16N4O3/c27-19(24-14-9-11-23-12-10-14)13-25-20-15-5-1-2-6-16(15)22(29)26(20)18-8-4-3-7-17(18)21(25)28/h1-12,20H,13H2,(H,23,24,27). The summed E-state index contributed by atoms with van der Waals surface area (Å²) in [6.07, 6.45) is 2.50. The van der Waals surface area contributed by atoms with Gasteiger partial charge < -0.3 is 10.2 Å². The molecule has 0 bridgehead atoms. The van der Waals surface area contributed by atoms with Crippen molar-refractivity contribution in [2.24, 2.45) is 0 Å². The van der Waals surface area contributed by atoms with Gasteiger partial charge in [0, 0.05) is 29.2 Å². The average molecular weight is 384 g/mol. The van der Waals surface area contributed by atoms with Crippen molar-refractivity contribution >= 4 is 29.1 Å². The highest BCUT2D eigenvalue weighted by Crippen LogP contribution is 2.44. The Labute approximate surface area is 166 Å². The Bertz CT molecular complexity index is 1150. The van der Waals surface area contributed by atoms with E-state index < -0.39 is 6.17 Å². The Kier molecular flexibility index (Phi) is 3.87. The first kappa shape index (κ1) is 17.1. The summed E-state index contributed by atoms with van der Waals surface area (Å²) in [5, 5.41) is 2.77. The van der Waals surface area contributed by atoms with Crippen LogP contribution in [0.1, 0.15) is 32.4 Å². The number of hydrogen-bond donors (Lipinski definition) is 1. The second-order valence-corrected chi connectivity index (χ2v) is 6.87. The molecule has 1 aromatic heterocycles. The van der Waals surface area contributed by atoms with Crippen molar-refractivity contribution in [3.05, 3.63) is 89.7 Å². The van der Waals surface area contributed by atoms with Crippen LogP contribution in [0.25, 0.3) is 0 Å². The predicted octanol–water partition coefficient (Wildman–Crippen LogP) is 2.84. The number of nitrogens with zero attached hydrogens (tertiary/aromatic N) is 3. The van der Waals surface area contributed by atoms with E-state index in [2.05, 4.69) is 10.3 Å². The minimum Gasteiger partial charge on any atom is -0.324 e. The fraction of sp³-hybridized carbons (Fsp3) is 0.0909. The normalized spacial score (nSPS) is 16.9. The maximum absolute atomic E-state index is 13.3. The molecule has 142 valence electrons. The lowest BCUT2D eigenvalue weighted by atomic mass is 10.0. The van der Waals surface area contributed by atoms with Crippen LogP contribution in [0, 0.1) is 0 Å². The predicted molar refractivity (Wildman–Crippen MR) is 106 cm³/mol. The molecule has 1 unspecified atom stereocenters. The minimum atomic E-state index is -0.649. The molecule has 1 N–H and O–H groups in total. The van der Waals surface area contributed by atoms with E-state index in [0.29, 0.717) is 22.5 Å². The summed E-state index contributed by atoms with van der Waals surface area (Å²) in [5.41, 5.74) is 2.82. The molecule has 7 heteroatoms. The number of anilines is 2. The summed E-state index contributed by atoms with van der Waals surface area (Å²) in [4.78, 5) is 46.0. The van der Waals surface area contributed by atoms with Crippen molar-refractivity contribution in [3.63, 3.8) is 0 Å². The third kappa shape index (κ3) is 2.67. The molecule has 2 aliphatic heterocycles. The number of nitrogens with one attached hydrogen (secondary N) is 1. The number of para-hydroxylation sites is 1. The zero-order valence-corrected chi connectivity index (χ0v) is 15.3. The summed E-state index contributed by atoms with van der Waals surface area (Å²) in [6.45, 7) is -0.182.